The molecule has 0 N–H and O–H groups in total. The lowest BCUT2D eigenvalue weighted by Crippen LogP contribution is -2.30. The van der Waals surface area contributed by atoms with Gasteiger partial charge in [0.25, 0.3) is 10.0 Å². The van der Waals surface area contributed by atoms with Gasteiger partial charge in [0.1, 0.15) is 0 Å². The maximum absolute atomic E-state index is 13.5. The third-order valence-corrected chi connectivity index (χ3v) is 6.99. The van der Waals surface area contributed by atoms with Crippen molar-refractivity contribution in [2.75, 3.05) is 6.54 Å². The van der Waals surface area contributed by atoms with E-state index in [2.05, 4.69) is 39.8 Å². The van der Waals surface area contributed by atoms with Crippen LogP contribution < -0.4 is 0 Å². The van der Waals surface area contributed by atoms with Crippen LogP contribution in [0.2, 0.25) is 0 Å². The first-order valence-electron chi connectivity index (χ1n) is 9.47. The summed E-state index contributed by atoms with van der Waals surface area (Å²) in [5.74, 6) is 0.198. The van der Waals surface area contributed by atoms with Gasteiger partial charge in [0, 0.05) is 18.7 Å². The molecule has 144 valence electrons. The molecule has 2 aromatic rings. The van der Waals surface area contributed by atoms with Crippen molar-refractivity contribution in [1.29, 1.82) is 0 Å². The summed E-state index contributed by atoms with van der Waals surface area (Å²) in [6.07, 6.45) is 0.628. The number of sulfonamides is 1. The van der Waals surface area contributed by atoms with Crippen molar-refractivity contribution in [2.24, 2.45) is 11.3 Å². The first kappa shape index (κ1) is 19.7. The lowest BCUT2D eigenvalue weighted by atomic mass is 9.79. The van der Waals surface area contributed by atoms with E-state index in [-0.39, 0.29) is 11.3 Å². The molecule has 1 heterocycles. The Hall–Kier alpha value is -2.07. The summed E-state index contributed by atoms with van der Waals surface area (Å²) >= 11 is 0. The molecule has 2 aromatic carbocycles. The number of aryl methyl sites for hydroxylation is 1. The predicted octanol–water partition coefficient (Wildman–Crippen LogP) is 5.18. The second-order valence-corrected chi connectivity index (χ2v) is 10.4. The van der Waals surface area contributed by atoms with E-state index in [0.717, 1.165) is 16.8 Å². The Kier molecular flexibility index (Phi) is 5.22. The monoisotopic (exact) mass is 383 g/mol. The first-order chi connectivity index (χ1) is 12.6. The summed E-state index contributed by atoms with van der Waals surface area (Å²) in [4.78, 5) is 0.362. The second-order valence-electron chi connectivity index (χ2n) is 8.52. The van der Waals surface area contributed by atoms with Gasteiger partial charge in [-0.05, 0) is 41.5 Å². The first-order valence-corrected chi connectivity index (χ1v) is 10.9. The molecule has 0 spiro atoms. The number of benzene rings is 2. The van der Waals surface area contributed by atoms with E-state index in [1.807, 2.05) is 37.3 Å². The van der Waals surface area contributed by atoms with E-state index in [1.54, 1.807) is 16.4 Å². The SMILES string of the molecule is Cc1ccc(S(=O)(=O)N2CC(C)C(C(C)(C)C)=C2Cc2ccccc2)cc1. The van der Waals surface area contributed by atoms with E-state index in [9.17, 15) is 8.42 Å². The Labute approximate surface area is 163 Å². The molecule has 27 heavy (non-hydrogen) atoms. The van der Waals surface area contributed by atoms with Crippen LogP contribution in [0.25, 0.3) is 0 Å². The minimum Gasteiger partial charge on any atom is -0.269 e. The topological polar surface area (TPSA) is 37.4 Å². The summed E-state index contributed by atoms with van der Waals surface area (Å²) in [5, 5.41) is 0. The lowest BCUT2D eigenvalue weighted by Gasteiger charge is -2.27. The third kappa shape index (κ3) is 3.96. The van der Waals surface area contributed by atoms with Crippen molar-refractivity contribution in [3.8, 4) is 0 Å². The summed E-state index contributed by atoms with van der Waals surface area (Å²) in [5.41, 5.74) is 4.27. The molecule has 0 bridgehead atoms. The number of allylic oxidation sites excluding steroid dienone is 1. The molecule has 0 fully saturated rings. The molecule has 3 nitrogen and oxygen atoms in total. The highest BCUT2D eigenvalue weighted by Gasteiger charge is 2.40. The quantitative estimate of drug-likeness (QED) is 0.730. The molecule has 0 aromatic heterocycles. The largest absolute Gasteiger partial charge is 0.269 e. The zero-order valence-electron chi connectivity index (χ0n) is 16.9. The van der Waals surface area contributed by atoms with Gasteiger partial charge in [-0.25, -0.2) is 8.42 Å². The third-order valence-electron chi connectivity index (χ3n) is 5.18. The lowest BCUT2D eigenvalue weighted by molar-refractivity contribution is 0.436. The Morgan fingerprint density at radius 2 is 1.59 bits per heavy atom. The van der Waals surface area contributed by atoms with Gasteiger partial charge >= 0.3 is 0 Å². The zero-order chi connectivity index (χ0) is 19.8. The molecule has 1 atom stereocenters. The van der Waals surface area contributed by atoms with Crippen LogP contribution in [-0.4, -0.2) is 19.3 Å². The fourth-order valence-electron chi connectivity index (χ4n) is 4.09. The van der Waals surface area contributed by atoms with Gasteiger partial charge in [-0.3, -0.25) is 4.31 Å². The number of nitrogens with zero attached hydrogens (tertiary/aromatic N) is 1. The maximum atomic E-state index is 13.5. The Bertz CT molecular complexity index is 936. The summed E-state index contributed by atoms with van der Waals surface area (Å²) in [6.45, 7) is 11.1. The highest BCUT2D eigenvalue weighted by atomic mass is 32.2. The molecule has 1 aliphatic rings. The van der Waals surface area contributed by atoms with Crippen LogP contribution in [0.15, 0.2) is 70.8 Å². The average molecular weight is 384 g/mol. The normalized spacial score (nSPS) is 18.3. The van der Waals surface area contributed by atoms with Gasteiger partial charge in [-0.15, -0.1) is 0 Å². The molecule has 0 amide bonds. The van der Waals surface area contributed by atoms with E-state index >= 15 is 0 Å². The fraction of sp³-hybridized carbons (Fsp3) is 0.391. The molecule has 0 aliphatic carbocycles. The van der Waals surface area contributed by atoms with Crippen LogP contribution in [-0.2, 0) is 16.4 Å². The van der Waals surface area contributed by atoms with Crippen LogP contribution in [0.4, 0.5) is 0 Å². The van der Waals surface area contributed by atoms with Crippen LogP contribution in [0.3, 0.4) is 0 Å². The Balaban J connectivity index is 2.11. The van der Waals surface area contributed by atoms with Crippen molar-refractivity contribution in [1.82, 2.24) is 4.31 Å². The second kappa shape index (κ2) is 7.16. The minimum absolute atomic E-state index is 0.0823. The highest BCUT2D eigenvalue weighted by molar-refractivity contribution is 7.89. The molecule has 0 saturated heterocycles. The standard InChI is InChI=1S/C23H29NO2S/c1-17-11-13-20(14-12-17)27(25,26)24-16-18(2)22(23(3,4)5)21(24)15-19-9-7-6-8-10-19/h6-14,18H,15-16H2,1-5H3. The smallest absolute Gasteiger partial charge is 0.264 e. The molecule has 1 unspecified atom stereocenters. The molecular formula is C23H29NO2S. The van der Waals surface area contributed by atoms with Gasteiger partial charge in [-0.2, -0.15) is 0 Å². The van der Waals surface area contributed by atoms with Gasteiger partial charge in [-0.1, -0.05) is 75.7 Å². The van der Waals surface area contributed by atoms with Crippen molar-refractivity contribution < 1.29 is 8.42 Å². The van der Waals surface area contributed by atoms with Crippen LogP contribution >= 0.6 is 0 Å². The average Bonchev–Trinajstić information content (AvgIpc) is 2.93. The van der Waals surface area contributed by atoms with Gasteiger partial charge in [0.2, 0.25) is 0 Å². The summed E-state index contributed by atoms with van der Waals surface area (Å²) in [6, 6.07) is 17.3. The number of hydrogen-bond acceptors (Lipinski definition) is 2. The Morgan fingerprint density at radius 1 is 1.00 bits per heavy atom. The predicted molar refractivity (Wildman–Crippen MR) is 111 cm³/mol. The van der Waals surface area contributed by atoms with Crippen LogP contribution in [0.5, 0.6) is 0 Å². The maximum Gasteiger partial charge on any atom is 0.264 e. The minimum atomic E-state index is -3.58. The summed E-state index contributed by atoms with van der Waals surface area (Å²) in [7, 11) is -3.58. The Morgan fingerprint density at radius 3 is 2.15 bits per heavy atom. The number of hydrogen-bond donors (Lipinski definition) is 0. The van der Waals surface area contributed by atoms with Crippen molar-refractivity contribution in [2.45, 2.75) is 45.9 Å². The van der Waals surface area contributed by atoms with E-state index in [1.165, 1.54) is 5.57 Å². The van der Waals surface area contributed by atoms with E-state index < -0.39 is 10.0 Å². The molecule has 3 rings (SSSR count). The molecule has 0 radical (unpaired) electrons. The summed E-state index contributed by atoms with van der Waals surface area (Å²) < 4.78 is 28.6. The van der Waals surface area contributed by atoms with E-state index in [4.69, 9.17) is 0 Å². The zero-order valence-corrected chi connectivity index (χ0v) is 17.7. The molecular weight excluding hydrogens is 354 g/mol. The van der Waals surface area contributed by atoms with Gasteiger partial charge in [0.05, 0.1) is 4.90 Å². The van der Waals surface area contributed by atoms with Crippen molar-refractivity contribution in [3.63, 3.8) is 0 Å². The molecule has 4 heteroatoms. The van der Waals surface area contributed by atoms with Crippen molar-refractivity contribution in [3.05, 3.63) is 77.0 Å². The van der Waals surface area contributed by atoms with Gasteiger partial charge < -0.3 is 0 Å². The molecule has 0 saturated carbocycles. The van der Waals surface area contributed by atoms with Crippen LogP contribution in [0, 0.1) is 18.3 Å². The number of rotatable bonds is 4. The fourth-order valence-corrected chi connectivity index (χ4v) is 5.70. The highest BCUT2D eigenvalue weighted by Crippen LogP contribution is 2.43. The molecule has 1 aliphatic heterocycles. The van der Waals surface area contributed by atoms with Crippen molar-refractivity contribution >= 4 is 10.0 Å². The van der Waals surface area contributed by atoms with Gasteiger partial charge in [0.15, 0.2) is 0 Å². The van der Waals surface area contributed by atoms with Crippen LogP contribution in [0.1, 0.15) is 38.8 Å². The van der Waals surface area contributed by atoms with E-state index in [0.29, 0.717) is 17.9 Å².